The van der Waals surface area contributed by atoms with Gasteiger partial charge in [0.1, 0.15) is 0 Å². The monoisotopic (exact) mass is 596 g/mol. The van der Waals surface area contributed by atoms with Crippen LogP contribution in [-0.4, -0.2) is 10.6 Å². The second kappa shape index (κ2) is 10.4. The van der Waals surface area contributed by atoms with Gasteiger partial charge in [0.15, 0.2) is 0 Å². The third-order valence-electron chi connectivity index (χ3n) is 9.34. The Labute approximate surface area is 267 Å². The molecule has 9 rings (SSSR count). The van der Waals surface area contributed by atoms with Crippen LogP contribution in [0.2, 0.25) is 5.02 Å². The molecule has 2 atom stereocenters. The first kappa shape index (κ1) is 26.1. The second-order valence-corrected chi connectivity index (χ2v) is 12.3. The predicted octanol–water partition coefficient (Wildman–Crippen LogP) is 11.4. The molecule has 2 heterocycles. The first-order valence-electron chi connectivity index (χ1n) is 15.5. The molecule has 1 aliphatic carbocycles. The van der Waals surface area contributed by atoms with Crippen molar-refractivity contribution in [2.24, 2.45) is 0 Å². The van der Waals surface area contributed by atoms with Gasteiger partial charge in [0, 0.05) is 44.3 Å². The van der Waals surface area contributed by atoms with Crippen LogP contribution in [0, 0.1) is 0 Å². The van der Waals surface area contributed by atoms with Crippen molar-refractivity contribution in [3.05, 3.63) is 180 Å². The molecule has 0 bridgehead atoms. The van der Waals surface area contributed by atoms with Crippen LogP contribution in [0.1, 0.15) is 17.0 Å². The summed E-state index contributed by atoms with van der Waals surface area (Å²) in [7, 11) is 0. The molecule has 1 aromatic heterocycles. The van der Waals surface area contributed by atoms with E-state index in [9.17, 15) is 0 Å². The van der Waals surface area contributed by atoms with Crippen molar-refractivity contribution in [1.82, 2.24) is 4.57 Å². The molecular formula is C42H29ClN2. The molecule has 0 saturated heterocycles. The van der Waals surface area contributed by atoms with E-state index < -0.39 is 0 Å². The summed E-state index contributed by atoms with van der Waals surface area (Å²) in [4.78, 5) is 2.47. The average Bonchev–Trinajstić information content (AvgIpc) is 3.61. The van der Waals surface area contributed by atoms with E-state index in [1.165, 1.54) is 44.3 Å². The van der Waals surface area contributed by atoms with Crippen LogP contribution in [0.25, 0.3) is 44.2 Å². The van der Waals surface area contributed by atoms with Crippen molar-refractivity contribution >= 4 is 50.4 Å². The molecule has 2 aliphatic rings. The maximum atomic E-state index is 6.94. The predicted molar refractivity (Wildman–Crippen MR) is 190 cm³/mol. The number of anilines is 2. The highest BCUT2D eigenvalue weighted by Gasteiger charge is 2.38. The van der Waals surface area contributed by atoms with Crippen molar-refractivity contribution < 1.29 is 0 Å². The van der Waals surface area contributed by atoms with Crippen LogP contribution in [0.5, 0.6) is 0 Å². The Morgan fingerprint density at radius 2 is 1.27 bits per heavy atom. The van der Waals surface area contributed by atoms with Gasteiger partial charge < -0.3 is 9.47 Å². The minimum Gasteiger partial charge on any atom is -0.333 e. The van der Waals surface area contributed by atoms with Gasteiger partial charge in [-0.15, -0.1) is 0 Å². The quantitative estimate of drug-likeness (QED) is 0.196. The van der Waals surface area contributed by atoms with E-state index in [2.05, 4.69) is 173 Å². The second-order valence-electron chi connectivity index (χ2n) is 11.9. The van der Waals surface area contributed by atoms with Crippen molar-refractivity contribution in [2.75, 3.05) is 4.90 Å². The summed E-state index contributed by atoms with van der Waals surface area (Å²) >= 11 is 6.94. The number of allylic oxidation sites excluding steroid dienone is 2. The maximum Gasteiger partial charge on any atom is 0.0630 e. The van der Waals surface area contributed by atoms with E-state index in [0.717, 1.165) is 27.4 Å². The van der Waals surface area contributed by atoms with E-state index in [0.29, 0.717) is 0 Å². The number of halogens is 1. The number of nitrogens with zero attached hydrogens (tertiary/aromatic N) is 2. The number of para-hydroxylation sites is 5. The number of hydrogen-bond acceptors (Lipinski definition) is 1. The highest BCUT2D eigenvalue weighted by atomic mass is 35.5. The lowest BCUT2D eigenvalue weighted by atomic mass is 9.85. The number of rotatable bonds is 4. The van der Waals surface area contributed by atoms with Gasteiger partial charge in [-0.05, 0) is 76.9 Å². The van der Waals surface area contributed by atoms with Crippen LogP contribution in [-0.2, 0) is 0 Å². The van der Waals surface area contributed by atoms with Crippen molar-refractivity contribution in [3.63, 3.8) is 0 Å². The molecule has 45 heavy (non-hydrogen) atoms. The SMILES string of the molecule is Clc1cc(C2=CC3c4ccccc4N(c4ccccc4)C3C=C2)cc(-c2cccc3c4ccccc4n(-c4ccccc4)c23)c1. The highest BCUT2D eigenvalue weighted by molar-refractivity contribution is 6.31. The molecule has 214 valence electrons. The summed E-state index contributed by atoms with van der Waals surface area (Å²) in [6.07, 6.45) is 7.07. The highest BCUT2D eigenvalue weighted by Crippen LogP contribution is 2.49. The normalized spacial score (nSPS) is 17.0. The number of hydrogen-bond donors (Lipinski definition) is 0. The van der Waals surface area contributed by atoms with Gasteiger partial charge in [-0.25, -0.2) is 0 Å². The number of fused-ring (bicyclic) bond motifs is 6. The van der Waals surface area contributed by atoms with Crippen LogP contribution < -0.4 is 4.90 Å². The van der Waals surface area contributed by atoms with Gasteiger partial charge in [-0.2, -0.15) is 0 Å². The van der Waals surface area contributed by atoms with Crippen LogP contribution in [0.15, 0.2) is 164 Å². The third-order valence-corrected chi connectivity index (χ3v) is 9.56. The lowest BCUT2D eigenvalue weighted by molar-refractivity contribution is 0.747. The Hall–Kier alpha value is -5.31. The summed E-state index contributed by atoms with van der Waals surface area (Å²) < 4.78 is 2.39. The van der Waals surface area contributed by atoms with Gasteiger partial charge in [-0.1, -0.05) is 121 Å². The molecule has 0 amide bonds. The molecule has 0 spiro atoms. The topological polar surface area (TPSA) is 8.17 Å². The van der Waals surface area contributed by atoms with E-state index in [1.54, 1.807) is 0 Å². The average molecular weight is 597 g/mol. The van der Waals surface area contributed by atoms with Gasteiger partial charge in [-0.3, -0.25) is 0 Å². The lowest BCUT2D eigenvalue weighted by Gasteiger charge is -2.29. The van der Waals surface area contributed by atoms with E-state index in [1.807, 2.05) is 0 Å². The maximum absolute atomic E-state index is 6.94. The molecule has 7 aromatic rings. The van der Waals surface area contributed by atoms with Crippen molar-refractivity contribution in [2.45, 2.75) is 12.0 Å². The van der Waals surface area contributed by atoms with Crippen molar-refractivity contribution in [3.8, 4) is 16.8 Å². The van der Waals surface area contributed by atoms with Gasteiger partial charge in [0.05, 0.1) is 17.1 Å². The Balaban J connectivity index is 1.20. The zero-order valence-electron chi connectivity index (χ0n) is 24.5. The van der Waals surface area contributed by atoms with Crippen molar-refractivity contribution in [1.29, 1.82) is 0 Å². The molecular weight excluding hydrogens is 568 g/mol. The fourth-order valence-electron chi connectivity index (χ4n) is 7.44. The Morgan fingerprint density at radius 3 is 2.11 bits per heavy atom. The first-order valence-corrected chi connectivity index (χ1v) is 15.8. The zero-order valence-corrected chi connectivity index (χ0v) is 25.3. The molecule has 6 aromatic carbocycles. The minimum atomic E-state index is 0.225. The standard InChI is InChI=1S/C42H29ClN2/c43-31-25-29(28-22-23-41-38(27-28)36-17-8-9-20-39(36)44(41)32-12-3-1-4-13-32)24-30(26-31)34-18-11-19-37-35-16-7-10-21-40(35)45(42(34)37)33-14-5-2-6-15-33/h1-27,38,41H. The van der Waals surface area contributed by atoms with Gasteiger partial charge in [0.2, 0.25) is 0 Å². The molecule has 0 saturated carbocycles. The molecule has 3 heteroatoms. The van der Waals surface area contributed by atoms with Crippen LogP contribution in [0.4, 0.5) is 11.4 Å². The van der Waals surface area contributed by atoms with Gasteiger partial charge >= 0.3 is 0 Å². The Kier molecular flexibility index (Phi) is 6.04. The van der Waals surface area contributed by atoms with Crippen LogP contribution >= 0.6 is 11.6 Å². The molecule has 2 nitrogen and oxygen atoms in total. The van der Waals surface area contributed by atoms with E-state index in [4.69, 9.17) is 11.6 Å². The minimum absolute atomic E-state index is 0.225. The first-order chi connectivity index (χ1) is 22.2. The lowest BCUT2D eigenvalue weighted by Crippen LogP contribution is -2.28. The molecule has 0 N–H and O–H groups in total. The van der Waals surface area contributed by atoms with Crippen LogP contribution in [0.3, 0.4) is 0 Å². The Morgan fingerprint density at radius 1 is 0.578 bits per heavy atom. The number of aromatic nitrogens is 1. The summed E-state index contributed by atoms with van der Waals surface area (Å²) in [5.41, 5.74) is 12.0. The number of benzene rings is 6. The third kappa shape index (κ3) is 4.18. The fraction of sp³-hybridized carbons (Fsp3) is 0.0476. The summed E-state index contributed by atoms with van der Waals surface area (Å²) in [6.45, 7) is 0. The van der Waals surface area contributed by atoms with E-state index in [-0.39, 0.29) is 12.0 Å². The Bertz CT molecular complexity index is 2300. The summed E-state index contributed by atoms with van der Waals surface area (Å²) in [6, 6.07) is 52.2. The summed E-state index contributed by atoms with van der Waals surface area (Å²) in [5.74, 6) is 0.243. The molecule has 0 fully saturated rings. The zero-order chi connectivity index (χ0) is 29.9. The largest absolute Gasteiger partial charge is 0.333 e. The molecule has 2 unspecified atom stereocenters. The molecule has 1 aliphatic heterocycles. The van der Waals surface area contributed by atoms with Gasteiger partial charge in [0.25, 0.3) is 0 Å². The van der Waals surface area contributed by atoms with E-state index >= 15 is 0 Å². The fourth-order valence-corrected chi connectivity index (χ4v) is 7.68. The smallest absolute Gasteiger partial charge is 0.0630 e. The summed E-state index contributed by atoms with van der Waals surface area (Å²) in [5, 5.41) is 3.21. The molecule has 0 radical (unpaired) electrons.